The van der Waals surface area contributed by atoms with E-state index in [1.54, 1.807) is 11.3 Å². The molecule has 0 radical (unpaired) electrons. The maximum atomic E-state index is 4.55. The Balaban J connectivity index is 1.95. The monoisotopic (exact) mass is 283 g/mol. The lowest BCUT2D eigenvalue weighted by Crippen LogP contribution is -2.21. The van der Waals surface area contributed by atoms with E-state index >= 15 is 0 Å². The molecule has 1 aromatic carbocycles. The van der Waals surface area contributed by atoms with Crippen molar-refractivity contribution < 1.29 is 0 Å². The SMILES string of the molecule is CC(C)NCc1cnc(-c2cncc3ccccc23)s1. The summed E-state index contributed by atoms with van der Waals surface area (Å²) in [5.41, 5.74) is 1.11. The van der Waals surface area contributed by atoms with Crippen LogP contribution in [0.5, 0.6) is 0 Å². The van der Waals surface area contributed by atoms with Crippen molar-refractivity contribution in [1.82, 2.24) is 15.3 Å². The molecule has 0 aliphatic heterocycles. The minimum absolute atomic E-state index is 0.486. The van der Waals surface area contributed by atoms with Gasteiger partial charge in [0.25, 0.3) is 0 Å². The first-order valence-electron chi connectivity index (χ1n) is 6.75. The van der Waals surface area contributed by atoms with Crippen LogP contribution >= 0.6 is 11.3 Å². The summed E-state index contributed by atoms with van der Waals surface area (Å²) in [4.78, 5) is 10.1. The zero-order valence-electron chi connectivity index (χ0n) is 11.6. The molecule has 20 heavy (non-hydrogen) atoms. The van der Waals surface area contributed by atoms with Crippen LogP contribution in [0.25, 0.3) is 21.3 Å². The van der Waals surface area contributed by atoms with E-state index in [4.69, 9.17) is 0 Å². The first-order chi connectivity index (χ1) is 9.74. The molecule has 2 heterocycles. The number of hydrogen-bond donors (Lipinski definition) is 1. The topological polar surface area (TPSA) is 37.8 Å². The minimum atomic E-state index is 0.486. The van der Waals surface area contributed by atoms with Gasteiger partial charge < -0.3 is 5.32 Å². The van der Waals surface area contributed by atoms with Gasteiger partial charge in [0.15, 0.2) is 0 Å². The molecule has 0 saturated carbocycles. The Kier molecular flexibility index (Phi) is 3.76. The average Bonchev–Trinajstić information content (AvgIpc) is 2.93. The average molecular weight is 283 g/mol. The fraction of sp³-hybridized carbons (Fsp3) is 0.250. The van der Waals surface area contributed by atoms with E-state index in [9.17, 15) is 0 Å². The van der Waals surface area contributed by atoms with Crippen LogP contribution in [0.15, 0.2) is 42.9 Å². The molecule has 0 bridgehead atoms. The van der Waals surface area contributed by atoms with Crippen LogP contribution in [0, 0.1) is 0 Å². The molecule has 102 valence electrons. The second-order valence-electron chi connectivity index (χ2n) is 5.08. The van der Waals surface area contributed by atoms with Crippen molar-refractivity contribution in [1.29, 1.82) is 0 Å². The van der Waals surface area contributed by atoms with E-state index in [1.165, 1.54) is 10.3 Å². The normalized spacial score (nSPS) is 11.3. The van der Waals surface area contributed by atoms with Gasteiger partial charge in [-0.1, -0.05) is 38.1 Å². The molecule has 0 aliphatic rings. The van der Waals surface area contributed by atoms with Crippen LogP contribution in [-0.2, 0) is 6.54 Å². The molecule has 0 saturated heterocycles. The van der Waals surface area contributed by atoms with E-state index in [1.807, 2.05) is 24.7 Å². The molecule has 1 N–H and O–H groups in total. The first kappa shape index (κ1) is 13.2. The van der Waals surface area contributed by atoms with Crippen molar-refractivity contribution in [2.24, 2.45) is 0 Å². The van der Waals surface area contributed by atoms with Crippen LogP contribution in [0.1, 0.15) is 18.7 Å². The Labute approximate surface area is 122 Å². The predicted molar refractivity (Wildman–Crippen MR) is 84.8 cm³/mol. The largest absolute Gasteiger partial charge is 0.310 e. The van der Waals surface area contributed by atoms with E-state index in [2.05, 4.69) is 47.3 Å². The van der Waals surface area contributed by atoms with Crippen LogP contribution in [0.3, 0.4) is 0 Å². The molecule has 3 rings (SSSR count). The standard InChI is InChI=1S/C16H17N3S/c1-11(2)18-8-13-9-19-16(20-13)15-10-17-7-12-5-3-4-6-14(12)15/h3-7,9-11,18H,8H2,1-2H3. The molecule has 0 fully saturated rings. The number of pyridine rings is 1. The summed E-state index contributed by atoms with van der Waals surface area (Å²) in [6.45, 7) is 5.17. The quantitative estimate of drug-likeness (QED) is 0.790. The van der Waals surface area contributed by atoms with Gasteiger partial charge in [-0.3, -0.25) is 4.98 Å². The third-order valence-corrected chi connectivity index (χ3v) is 4.17. The zero-order valence-corrected chi connectivity index (χ0v) is 12.4. The van der Waals surface area contributed by atoms with E-state index in [0.29, 0.717) is 6.04 Å². The molecule has 0 aliphatic carbocycles. The van der Waals surface area contributed by atoms with Crippen LogP contribution in [0.4, 0.5) is 0 Å². The summed E-state index contributed by atoms with van der Waals surface area (Å²) in [7, 11) is 0. The summed E-state index contributed by atoms with van der Waals surface area (Å²) in [6, 6.07) is 8.79. The summed E-state index contributed by atoms with van der Waals surface area (Å²) in [6.07, 6.45) is 5.76. The molecule has 0 amide bonds. The molecular formula is C16H17N3S. The number of thiazole rings is 1. The number of nitrogens with zero attached hydrogens (tertiary/aromatic N) is 2. The fourth-order valence-electron chi connectivity index (χ4n) is 2.11. The summed E-state index contributed by atoms with van der Waals surface area (Å²) >= 11 is 1.73. The number of nitrogens with one attached hydrogen (secondary N) is 1. The molecule has 3 aromatic rings. The molecule has 0 atom stereocenters. The molecular weight excluding hydrogens is 266 g/mol. The Hall–Kier alpha value is -1.78. The fourth-order valence-corrected chi connectivity index (χ4v) is 2.99. The lowest BCUT2D eigenvalue weighted by atomic mass is 10.1. The van der Waals surface area contributed by atoms with Crippen LogP contribution in [0.2, 0.25) is 0 Å². The van der Waals surface area contributed by atoms with Gasteiger partial charge in [-0.25, -0.2) is 4.98 Å². The van der Waals surface area contributed by atoms with Crippen molar-refractivity contribution >= 4 is 22.1 Å². The second kappa shape index (κ2) is 5.69. The van der Waals surface area contributed by atoms with Crippen molar-refractivity contribution in [3.05, 3.63) is 47.7 Å². The first-order valence-corrected chi connectivity index (χ1v) is 7.57. The number of benzene rings is 1. The Bertz CT molecular complexity index is 713. The van der Waals surface area contributed by atoms with Crippen molar-refractivity contribution in [3.63, 3.8) is 0 Å². The van der Waals surface area contributed by atoms with E-state index < -0.39 is 0 Å². The zero-order chi connectivity index (χ0) is 13.9. The summed E-state index contributed by atoms with van der Waals surface area (Å²) < 4.78 is 0. The Morgan fingerprint density at radius 1 is 1.15 bits per heavy atom. The highest BCUT2D eigenvalue weighted by Gasteiger charge is 2.09. The molecule has 4 heteroatoms. The molecule has 2 aromatic heterocycles. The van der Waals surface area contributed by atoms with E-state index in [-0.39, 0.29) is 0 Å². The second-order valence-corrected chi connectivity index (χ2v) is 6.19. The highest BCUT2D eigenvalue weighted by molar-refractivity contribution is 7.15. The van der Waals surface area contributed by atoms with Gasteiger partial charge in [0.2, 0.25) is 0 Å². The minimum Gasteiger partial charge on any atom is -0.310 e. The lowest BCUT2D eigenvalue weighted by Gasteiger charge is -2.05. The van der Waals surface area contributed by atoms with Crippen molar-refractivity contribution in [2.45, 2.75) is 26.4 Å². The third-order valence-electron chi connectivity index (χ3n) is 3.14. The Morgan fingerprint density at radius 3 is 2.85 bits per heavy atom. The van der Waals surface area contributed by atoms with Gasteiger partial charge in [0.05, 0.1) is 0 Å². The van der Waals surface area contributed by atoms with E-state index in [0.717, 1.165) is 22.5 Å². The van der Waals surface area contributed by atoms with Crippen LogP contribution in [-0.4, -0.2) is 16.0 Å². The number of rotatable bonds is 4. The molecule has 0 unspecified atom stereocenters. The highest BCUT2D eigenvalue weighted by atomic mass is 32.1. The number of aromatic nitrogens is 2. The predicted octanol–water partition coefficient (Wildman–Crippen LogP) is 3.86. The smallest absolute Gasteiger partial charge is 0.125 e. The van der Waals surface area contributed by atoms with Gasteiger partial charge in [0, 0.05) is 47.0 Å². The number of fused-ring (bicyclic) bond motifs is 1. The van der Waals surface area contributed by atoms with Gasteiger partial charge in [-0.15, -0.1) is 11.3 Å². The van der Waals surface area contributed by atoms with Gasteiger partial charge >= 0.3 is 0 Å². The van der Waals surface area contributed by atoms with Crippen molar-refractivity contribution in [3.8, 4) is 10.6 Å². The van der Waals surface area contributed by atoms with Gasteiger partial charge in [0.1, 0.15) is 5.01 Å². The van der Waals surface area contributed by atoms with Gasteiger partial charge in [-0.2, -0.15) is 0 Å². The maximum Gasteiger partial charge on any atom is 0.125 e. The Morgan fingerprint density at radius 2 is 2.00 bits per heavy atom. The number of hydrogen-bond acceptors (Lipinski definition) is 4. The molecule has 3 nitrogen and oxygen atoms in total. The molecule has 0 spiro atoms. The maximum absolute atomic E-state index is 4.55. The van der Waals surface area contributed by atoms with Crippen molar-refractivity contribution in [2.75, 3.05) is 0 Å². The lowest BCUT2D eigenvalue weighted by molar-refractivity contribution is 0.593. The van der Waals surface area contributed by atoms with Gasteiger partial charge in [-0.05, 0) is 5.39 Å². The summed E-state index contributed by atoms with van der Waals surface area (Å²) in [5.74, 6) is 0. The highest BCUT2D eigenvalue weighted by Crippen LogP contribution is 2.30. The third kappa shape index (κ3) is 2.71. The van der Waals surface area contributed by atoms with Crippen LogP contribution < -0.4 is 5.32 Å². The summed E-state index contributed by atoms with van der Waals surface area (Å²) in [5, 5.41) is 6.82.